The van der Waals surface area contributed by atoms with Crippen molar-refractivity contribution in [3.63, 3.8) is 0 Å². The van der Waals surface area contributed by atoms with Crippen molar-refractivity contribution in [3.05, 3.63) is 29.5 Å². The molecule has 2 N–H and O–H groups in total. The van der Waals surface area contributed by atoms with Crippen LogP contribution in [0.25, 0.3) is 11.3 Å². The van der Waals surface area contributed by atoms with Crippen LogP contribution >= 0.6 is 0 Å². The van der Waals surface area contributed by atoms with Gasteiger partial charge >= 0.3 is 6.18 Å². The number of hydrogen-bond donors (Lipinski definition) is 2. The van der Waals surface area contributed by atoms with Gasteiger partial charge in [0.25, 0.3) is 0 Å². The molecule has 0 radical (unpaired) electrons. The van der Waals surface area contributed by atoms with Crippen LogP contribution in [0, 0.1) is 6.92 Å². The number of aliphatic hydroxyl groups excluding tert-OH is 1. The number of benzene rings is 1. The number of alkyl halides is 3. The highest BCUT2D eigenvalue weighted by atomic mass is 19.4. The third-order valence-corrected chi connectivity index (χ3v) is 4.27. The fourth-order valence-electron chi connectivity index (χ4n) is 2.96. The van der Waals surface area contributed by atoms with E-state index in [0.29, 0.717) is 24.3 Å². The van der Waals surface area contributed by atoms with Crippen LogP contribution in [0.1, 0.15) is 24.1 Å². The standard InChI is InChI=1S/C16H17F3N4O2/c1-9-14(12-5-4-10(7-13(12)25)16(17,18)19)21-22-15(20-9)23-6-2-3-11(23)8-24/h4-5,7,11,24-25H,2-3,6,8H2,1H3/t11-/m0/s1. The van der Waals surface area contributed by atoms with Crippen molar-refractivity contribution in [2.45, 2.75) is 32.0 Å². The Morgan fingerprint density at radius 3 is 2.64 bits per heavy atom. The molecule has 1 saturated heterocycles. The molecule has 1 atom stereocenters. The first-order valence-electron chi connectivity index (χ1n) is 7.80. The molecule has 2 aromatic rings. The number of hydrogen-bond acceptors (Lipinski definition) is 6. The van der Waals surface area contributed by atoms with Crippen LogP contribution in [0.15, 0.2) is 18.2 Å². The van der Waals surface area contributed by atoms with E-state index >= 15 is 0 Å². The summed E-state index contributed by atoms with van der Waals surface area (Å²) in [6.45, 7) is 2.34. The van der Waals surface area contributed by atoms with Gasteiger partial charge in [0.05, 0.1) is 23.9 Å². The zero-order valence-corrected chi connectivity index (χ0v) is 13.5. The number of phenolic OH excluding ortho intramolecular Hbond substituents is 1. The van der Waals surface area contributed by atoms with E-state index in [1.54, 1.807) is 6.92 Å². The Labute approximate surface area is 142 Å². The summed E-state index contributed by atoms with van der Waals surface area (Å²) in [7, 11) is 0. The lowest BCUT2D eigenvalue weighted by molar-refractivity contribution is -0.137. The van der Waals surface area contributed by atoms with E-state index in [2.05, 4.69) is 15.2 Å². The fourth-order valence-corrected chi connectivity index (χ4v) is 2.96. The molecule has 2 heterocycles. The molecule has 3 rings (SSSR count). The summed E-state index contributed by atoms with van der Waals surface area (Å²) in [4.78, 5) is 6.21. The number of aromatic hydroxyl groups is 1. The van der Waals surface area contributed by atoms with E-state index in [1.807, 2.05) is 4.90 Å². The van der Waals surface area contributed by atoms with Crippen molar-refractivity contribution < 1.29 is 23.4 Å². The third kappa shape index (κ3) is 3.37. The summed E-state index contributed by atoms with van der Waals surface area (Å²) in [5, 5.41) is 27.4. The van der Waals surface area contributed by atoms with Crippen LogP contribution in [0.3, 0.4) is 0 Å². The zero-order valence-electron chi connectivity index (χ0n) is 13.5. The Hall–Kier alpha value is -2.42. The second-order valence-electron chi connectivity index (χ2n) is 5.95. The lowest BCUT2D eigenvalue weighted by atomic mass is 10.1. The molecule has 1 aliphatic heterocycles. The average molecular weight is 354 g/mol. The number of aryl methyl sites for hydroxylation is 1. The predicted octanol–water partition coefficient (Wildman–Crippen LogP) is 2.53. The topological polar surface area (TPSA) is 82.4 Å². The second kappa shape index (κ2) is 6.47. The van der Waals surface area contributed by atoms with E-state index in [1.165, 1.54) is 0 Å². The number of nitrogens with zero attached hydrogens (tertiary/aromatic N) is 4. The molecule has 0 unspecified atom stereocenters. The van der Waals surface area contributed by atoms with E-state index in [4.69, 9.17) is 0 Å². The average Bonchev–Trinajstić information content (AvgIpc) is 3.03. The van der Waals surface area contributed by atoms with Gasteiger partial charge in [-0.25, -0.2) is 4.98 Å². The fraction of sp³-hybridized carbons (Fsp3) is 0.438. The molecular formula is C16H17F3N4O2. The molecule has 0 amide bonds. The number of anilines is 1. The van der Waals surface area contributed by atoms with Crippen molar-refractivity contribution in [2.24, 2.45) is 0 Å². The van der Waals surface area contributed by atoms with Crippen LogP contribution < -0.4 is 4.90 Å². The van der Waals surface area contributed by atoms with Crippen LogP contribution in [-0.2, 0) is 6.18 Å². The number of phenols is 1. The summed E-state index contributed by atoms with van der Waals surface area (Å²) >= 11 is 0. The van der Waals surface area contributed by atoms with Crippen LogP contribution in [0.5, 0.6) is 5.75 Å². The Morgan fingerprint density at radius 2 is 2.04 bits per heavy atom. The summed E-state index contributed by atoms with van der Waals surface area (Å²) in [6.07, 6.45) is -2.79. The largest absolute Gasteiger partial charge is 0.507 e. The quantitative estimate of drug-likeness (QED) is 0.881. The van der Waals surface area contributed by atoms with Gasteiger partial charge in [0.1, 0.15) is 11.4 Å². The summed E-state index contributed by atoms with van der Waals surface area (Å²) in [6, 6.07) is 2.63. The molecule has 0 spiro atoms. The van der Waals surface area contributed by atoms with Gasteiger partial charge in [-0.05, 0) is 38.0 Å². The van der Waals surface area contributed by atoms with Gasteiger partial charge in [0, 0.05) is 12.1 Å². The summed E-state index contributed by atoms with van der Waals surface area (Å²) < 4.78 is 38.1. The van der Waals surface area contributed by atoms with Crippen LogP contribution in [0.2, 0.25) is 0 Å². The molecule has 6 nitrogen and oxygen atoms in total. The third-order valence-electron chi connectivity index (χ3n) is 4.27. The van der Waals surface area contributed by atoms with Crippen molar-refractivity contribution in [3.8, 4) is 17.0 Å². The van der Waals surface area contributed by atoms with Crippen molar-refractivity contribution in [1.29, 1.82) is 0 Å². The Bertz CT molecular complexity index is 782. The van der Waals surface area contributed by atoms with E-state index in [0.717, 1.165) is 25.0 Å². The van der Waals surface area contributed by atoms with Gasteiger partial charge in [-0.1, -0.05) is 0 Å². The Morgan fingerprint density at radius 1 is 1.28 bits per heavy atom. The van der Waals surface area contributed by atoms with Crippen molar-refractivity contribution >= 4 is 5.95 Å². The number of aliphatic hydroxyl groups is 1. The van der Waals surface area contributed by atoms with E-state index in [9.17, 15) is 23.4 Å². The minimum atomic E-state index is -4.53. The first-order chi connectivity index (χ1) is 11.8. The molecule has 0 saturated carbocycles. The van der Waals surface area contributed by atoms with E-state index in [-0.39, 0.29) is 23.9 Å². The van der Waals surface area contributed by atoms with Crippen molar-refractivity contribution in [2.75, 3.05) is 18.1 Å². The van der Waals surface area contributed by atoms with Gasteiger partial charge < -0.3 is 15.1 Å². The highest BCUT2D eigenvalue weighted by Crippen LogP contribution is 2.36. The maximum Gasteiger partial charge on any atom is 0.416 e. The highest BCUT2D eigenvalue weighted by molar-refractivity contribution is 5.69. The lowest BCUT2D eigenvalue weighted by Crippen LogP contribution is -2.33. The second-order valence-corrected chi connectivity index (χ2v) is 5.95. The maximum atomic E-state index is 12.7. The first-order valence-corrected chi connectivity index (χ1v) is 7.80. The maximum absolute atomic E-state index is 12.7. The minimum Gasteiger partial charge on any atom is -0.507 e. The molecule has 1 aliphatic rings. The highest BCUT2D eigenvalue weighted by Gasteiger charge is 2.32. The molecule has 9 heteroatoms. The monoisotopic (exact) mass is 354 g/mol. The summed E-state index contributed by atoms with van der Waals surface area (Å²) in [5.74, 6) is -0.166. The molecule has 1 aromatic heterocycles. The van der Waals surface area contributed by atoms with Crippen LogP contribution in [0.4, 0.5) is 19.1 Å². The SMILES string of the molecule is Cc1nc(N2CCC[C@H]2CO)nnc1-c1ccc(C(F)(F)F)cc1O. The Kier molecular flexibility index (Phi) is 4.51. The number of halogens is 3. The Balaban J connectivity index is 1.94. The number of rotatable bonds is 3. The van der Waals surface area contributed by atoms with Gasteiger partial charge in [-0.15, -0.1) is 10.2 Å². The summed E-state index contributed by atoms with van der Waals surface area (Å²) in [5.41, 5.74) is -0.151. The molecule has 1 aromatic carbocycles. The first kappa shape index (κ1) is 17.4. The molecule has 0 bridgehead atoms. The normalized spacial score (nSPS) is 18.0. The molecule has 134 valence electrons. The lowest BCUT2D eigenvalue weighted by Gasteiger charge is -2.22. The molecule has 25 heavy (non-hydrogen) atoms. The molecule has 0 aliphatic carbocycles. The van der Waals surface area contributed by atoms with Crippen LogP contribution in [-0.4, -0.2) is 44.6 Å². The van der Waals surface area contributed by atoms with Gasteiger partial charge in [-0.3, -0.25) is 0 Å². The smallest absolute Gasteiger partial charge is 0.416 e. The zero-order chi connectivity index (χ0) is 18.2. The van der Waals surface area contributed by atoms with Gasteiger partial charge in [0.2, 0.25) is 5.95 Å². The minimum absolute atomic E-state index is 0.0101. The van der Waals surface area contributed by atoms with Gasteiger partial charge in [0.15, 0.2) is 0 Å². The van der Waals surface area contributed by atoms with Crippen molar-refractivity contribution in [1.82, 2.24) is 15.2 Å². The molecule has 1 fully saturated rings. The molecular weight excluding hydrogens is 337 g/mol. The van der Waals surface area contributed by atoms with Gasteiger partial charge in [-0.2, -0.15) is 13.2 Å². The predicted molar refractivity (Wildman–Crippen MR) is 84.1 cm³/mol. The van der Waals surface area contributed by atoms with E-state index < -0.39 is 17.5 Å². The number of aromatic nitrogens is 3.